The van der Waals surface area contributed by atoms with E-state index in [0.29, 0.717) is 0 Å². The van der Waals surface area contributed by atoms with Crippen LogP contribution in [0.15, 0.2) is 22.7 Å². The van der Waals surface area contributed by atoms with Gasteiger partial charge in [0.25, 0.3) is 0 Å². The molecule has 0 aromatic heterocycles. The number of nitrogens with zero attached hydrogens (tertiary/aromatic N) is 1. The van der Waals surface area contributed by atoms with E-state index in [9.17, 15) is 0 Å². The summed E-state index contributed by atoms with van der Waals surface area (Å²) in [5.74, 6) is 0.886. The van der Waals surface area contributed by atoms with Crippen LogP contribution in [-0.2, 0) is 6.54 Å². The van der Waals surface area contributed by atoms with Gasteiger partial charge in [0.05, 0.1) is 0 Å². The minimum Gasteiger partial charge on any atom is -0.398 e. The van der Waals surface area contributed by atoms with Gasteiger partial charge in [-0.05, 0) is 58.9 Å². The van der Waals surface area contributed by atoms with Crippen LogP contribution in [0.25, 0.3) is 0 Å². The summed E-state index contributed by atoms with van der Waals surface area (Å²) in [7, 11) is 0. The van der Waals surface area contributed by atoms with E-state index in [2.05, 4.69) is 39.9 Å². The molecule has 2 N–H and O–H groups in total. The third-order valence-corrected chi connectivity index (χ3v) is 4.37. The summed E-state index contributed by atoms with van der Waals surface area (Å²) < 4.78 is 0.992. The number of likely N-dealkylation sites (tertiary alicyclic amines) is 1. The van der Waals surface area contributed by atoms with Gasteiger partial charge in [0, 0.05) is 23.2 Å². The molecule has 0 aliphatic carbocycles. The standard InChI is InChI=1S/C14H21BrN2/c1-2-11-4-3-7-17(9-11)10-12-5-6-13(15)14(16)8-12/h5-6,8,11H,2-4,7,9-10,16H2,1H3. The number of nitrogen functional groups attached to an aromatic ring is 1. The Labute approximate surface area is 112 Å². The largest absolute Gasteiger partial charge is 0.398 e. The zero-order valence-corrected chi connectivity index (χ0v) is 12.0. The third-order valence-electron chi connectivity index (χ3n) is 3.65. The highest BCUT2D eigenvalue weighted by Gasteiger charge is 2.18. The van der Waals surface area contributed by atoms with E-state index in [-0.39, 0.29) is 0 Å². The SMILES string of the molecule is CCC1CCCN(Cc2ccc(Br)c(N)c2)C1. The number of hydrogen-bond donors (Lipinski definition) is 1. The van der Waals surface area contributed by atoms with Crippen molar-refractivity contribution in [3.05, 3.63) is 28.2 Å². The lowest BCUT2D eigenvalue weighted by Crippen LogP contribution is -2.34. The molecular formula is C14H21BrN2. The Bertz CT molecular complexity index is 378. The predicted octanol–water partition coefficient (Wildman–Crippen LogP) is 3.65. The number of benzene rings is 1. The number of anilines is 1. The number of rotatable bonds is 3. The van der Waals surface area contributed by atoms with Crippen molar-refractivity contribution in [2.75, 3.05) is 18.8 Å². The first-order valence-electron chi connectivity index (χ1n) is 6.45. The molecule has 0 saturated carbocycles. The van der Waals surface area contributed by atoms with E-state index in [1.165, 1.54) is 37.9 Å². The molecule has 3 heteroatoms. The fourth-order valence-corrected chi connectivity index (χ4v) is 2.82. The lowest BCUT2D eigenvalue weighted by atomic mass is 9.95. The first kappa shape index (κ1) is 12.9. The summed E-state index contributed by atoms with van der Waals surface area (Å²) in [5.41, 5.74) is 8.07. The molecule has 1 aliphatic heterocycles. The van der Waals surface area contributed by atoms with Crippen molar-refractivity contribution in [3.63, 3.8) is 0 Å². The van der Waals surface area contributed by atoms with Crippen LogP contribution in [0.1, 0.15) is 31.7 Å². The van der Waals surface area contributed by atoms with Crippen LogP contribution in [0.5, 0.6) is 0 Å². The molecule has 2 nitrogen and oxygen atoms in total. The van der Waals surface area contributed by atoms with Crippen molar-refractivity contribution in [2.24, 2.45) is 5.92 Å². The Morgan fingerprint density at radius 1 is 1.47 bits per heavy atom. The van der Waals surface area contributed by atoms with Gasteiger partial charge >= 0.3 is 0 Å². The minimum atomic E-state index is 0.839. The van der Waals surface area contributed by atoms with E-state index in [1.54, 1.807) is 0 Å². The van der Waals surface area contributed by atoms with Crippen LogP contribution in [0, 0.1) is 5.92 Å². The summed E-state index contributed by atoms with van der Waals surface area (Å²) in [6.45, 7) is 5.80. The van der Waals surface area contributed by atoms with Crippen molar-refractivity contribution < 1.29 is 0 Å². The van der Waals surface area contributed by atoms with Gasteiger partial charge in [-0.15, -0.1) is 0 Å². The average Bonchev–Trinajstić information content (AvgIpc) is 2.34. The summed E-state index contributed by atoms with van der Waals surface area (Å²) in [5, 5.41) is 0. The molecule has 1 heterocycles. The molecule has 94 valence electrons. The Hall–Kier alpha value is -0.540. The van der Waals surface area contributed by atoms with Gasteiger partial charge in [-0.25, -0.2) is 0 Å². The lowest BCUT2D eigenvalue weighted by Gasteiger charge is -2.32. The first-order chi connectivity index (χ1) is 8.19. The van der Waals surface area contributed by atoms with Gasteiger partial charge < -0.3 is 5.73 Å². The maximum absolute atomic E-state index is 5.91. The Morgan fingerprint density at radius 2 is 2.29 bits per heavy atom. The van der Waals surface area contributed by atoms with Crippen molar-refractivity contribution in [1.82, 2.24) is 4.90 Å². The second-order valence-corrected chi connectivity index (χ2v) is 5.86. The van der Waals surface area contributed by atoms with Gasteiger partial charge in [0.2, 0.25) is 0 Å². The maximum atomic E-state index is 5.91. The Kier molecular flexibility index (Phi) is 4.46. The zero-order chi connectivity index (χ0) is 12.3. The molecule has 17 heavy (non-hydrogen) atoms. The van der Waals surface area contributed by atoms with E-state index < -0.39 is 0 Å². The Morgan fingerprint density at radius 3 is 3.00 bits per heavy atom. The van der Waals surface area contributed by atoms with Crippen LogP contribution in [0.2, 0.25) is 0 Å². The molecule has 1 aliphatic rings. The highest BCUT2D eigenvalue weighted by Crippen LogP contribution is 2.24. The topological polar surface area (TPSA) is 29.3 Å². The summed E-state index contributed by atoms with van der Waals surface area (Å²) in [6, 6.07) is 6.29. The molecule has 2 rings (SSSR count). The quantitative estimate of drug-likeness (QED) is 0.863. The van der Waals surface area contributed by atoms with Gasteiger partial charge in [-0.2, -0.15) is 0 Å². The van der Waals surface area contributed by atoms with Crippen LogP contribution in [0.3, 0.4) is 0 Å². The maximum Gasteiger partial charge on any atom is 0.0461 e. The number of nitrogens with two attached hydrogens (primary N) is 1. The number of piperidine rings is 1. The van der Waals surface area contributed by atoms with Gasteiger partial charge in [-0.1, -0.05) is 19.4 Å². The van der Waals surface area contributed by atoms with Crippen molar-refractivity contribution >= 4 is 21.6 Å². The second kappa shape index (κ2) is 5.87. The van der Waals surface area contributed by atoms with E-state index in [0.717, 1.165) is 22.6 Å². The molecule has 0 radical (unpaired) electrons. The molecule has 1 unspecified atom stereocenters. The molecule has 0 bridgehead atoms. The normalized spacial score (nSPS) is 21.6. The lowest BCUT2D eigenvalue weighted by molar-refractivity contribution is 0.165. The van der Waals surface area contributed by atoms with Crippen molar-refractivity contribution in [3.8, 4) is 0 Å². The molecule has 1 saturated heterocycles. The average molecular weight is 297 g/mol. The number of hydrogen-bond acceptors (Lipinski definition) is 2. The Balaban J connectivity index is 1.97. The minimum absolute atomic E-state index is 0.839. The highest BCUT2D eigenvalue weighted by atomic mass is 79.9. The molecule has 1 atom stereocenters. The number of halogens is 1. The van der Waals surface area contributed by atoms with Crippen LogP contribution < -0.4 is 5.73 Å². The fraction of sp³-hybridized carbons (Fsp3) is 0.571. The predicted molar refractivity (Wildman–Crippen MR) is 76.8 cm³/mol. The summed E-state index contributed by atoms with van der Waals surface area (Å²) in [6.07, 6.45) is 4.04. The second-order valence-electron chi connectivity index (χ2n) is 5.01. The van der Waals surface area contributed by atoms with Crippen LogP contribution in [-0.4, -0.2) is 18.0 Å². The van der Waals surface area contributed by atoms with E-state index in [4.69, 9.17) is 5.73 Å². The van der Waals surface area contributed by atoms with Gasteiger partial charge in [-0.3, -0.25) is 4.90 Å². The molecular weight excluding hydrogens is 276 g/mol. The van der Waals surface area contributed by atoms with Crippen LogP contribution in [0.4, 0.5) is 5.69 Å². The van der Waals surface area contributed by atoms with E-state index >= 15 is 0 Å². The first-order valence-corrected chi connectivity index (χ1v) is 7.24. The monoisotopic (exact) mass is 296 g/mol. The molecule has 1 aromatic carbocycles. The smallest absolute Gasteiger partial charge is 0.0461 e. The molecule has 0 spiro atoms. The zero-order valence-electron chi connectivity index (χ0n) is 10.5. The summed E-state index contributed by atoms with van der Waals surface area (Å²) >= 11 is 3.44. The molecule has 1 fully saturated rings. The van der Waals surface area contributed by atoms with Gasteiger partial charge in [0.1, 0.15) is 0 Å². The fourth-order valence-electron chi connectivity index (χ4n) is 2.58. The van der Waals surface area contributed by atoms with Crippen LogP contribution >= 0.6 is 15.9 Å². The summed E-state index contributed by atoms with van der Waals surface area (Å²) in [4.78, 5) is 2.56. The molecule has 1 aromatic rings. The van der Waals surface area contributed by atoms with E-state index in [1.807, 2.05) is 6.07 Å². The van der Waals surface area contributed by atoms with Crippen molar-refractivity contribution in [2.45, 2.75) is 32.7 Å². The highest BCUT2D eigenvalue weighted by molar-refractivity contribution is 9.10. The van der Waals surface area contributed by atoms with Crippen molar-refractivity contribution in [1.29, 1.82) is 0 Å². The van der Waals surface area contributed by atoms with Gasteiger partial charge in [0.15, 0.2) is 0 Å². The third kappa shape index (κ3) is 3.46. The molecule has 0 amide bonds.